The Morgan fingerprint density at radius 3 is 2.53 bits per heavy atom. The van der Waals surface area contributed by atoms with Crippen LogP contribution >= 0.6 is 0 Å². The minimum atomic E-state index is -1.12. The van der Waals surface area contributed by atoms with Gasteiger partial charge in [-0.25, -0.2) is 9.78 Å². The van der Waals surface area contributed by atoms with E-state index in [4.69, 9.17) is 14.3 Å². The van der Waals surface area contributed by atoms with Crippen molar-refractivity contribution >= 4 is 5.97 Å². The van der Waals surface area contributed by atoms with Crippen LogP contribution in [0.2, 0.25) is 0 Å². The average molecular weight is 261 g/mol. The van der Waals surface area contributed by atoms with Gasteiger partial charge >= 0.3 is 5.97 Å². The summed E-state index contributed by atoms with van der Waals surface area (Å²) in [5, 5.41) is 9.14. The molecule has 0 unspecified atom stereocenters. The standard InChI is InChI=1S/C14H15NO4/c1-7-8(2)11(18-4)6-5-10(7)12-13(14(16)17)19-9(3)15-12/h5-6H,1-4H3,(H,16,17). The lowest BCUT2D eigenvalue weighted by Gasteiger charge is -2.11. The number of nitrogens with zero attached hydrogens (tertiary/aromatic N) is 1. The molecule has 0 atom stereocenters. The second-order valence-corrected chi connectivity index (χ2v) is 4.28. The van der Waals surface area contributed by atoms with Gasteiger partial charge in [0.05, 0.1) is 7.11 Å². The van der Waals surface area contributed by atoms with Crippen molar-refractivity contribution in [2.75, 3.05) is 7.11 Å². The van der Waals surface area contributed by atoms with E-state index >= 15 is 0 Å². The van der Waals surface area contributed by atoms with E-state index in [-0.39, 0.29) is 5.76 Å². The van der Waals surface area contributed by atoms with E-state index in [0.29, 0.717) is 11.6 Å². The number of aromatic carboxylic acids is 1. The summed E-state index contributed by atoms with van der Waals surface area (Å²) in [7, 11) is 1.60. The normalized spacial score (nSPS) is 10.5. The number of carboxylic acid groups (broad SMARTS) is 1. The van der Waals surface area contributed by atoms with Crippen molar-refractivity contribution in [3.63, 3.8) is 0 Å². The number of aryl methyl sites for hydroxylation is 1. The Labute approximate surface area is 110 Å². The molecule has 19 heavy (non-hydrogen) atoms. The SMILES string of the molecule is COc1ccc(-c2nc(C)oc2C(=O)O)c(C)c1C. The molecule has 1 heterocycles. The molecule has 1 aromatic heterocycles. The fourth-order valence-corrected chi connectivity index (χ4v) is 2.03. The van der Waals surface area contributed by atoms with Crippen LogP contribution in [0, 0.1) is 20.8 Å². The maximum atomic E-state index is 11.2. The molecule has 0 aliphatic heterocycles. The Hall–Kier alpha value is -2.30. The number of methoxy groups -OCH3 is 1. The highest BCUT2D eigenvalue weighted by molar-refractivity contribution is 5.92. The first kappa shape index (κ1) is 13.1. The van der Waals surface area contributed by atoms with Crippen molar-refractivity contribution in [1.29, 1.82) is 0 Å². The lowest BCUT2D eigenvalue weighted by Crippen LogP contribution is -1.99. The first-order chi connectivity index (χ1) is 8.95. The fourth-order valence-electron chi connectivity index (χ4n) is 2.03. The quantitative estimate of drug-likeness (QED) is 0.919. The van der Waals surface area contributed by atoms with Gasteiger partial charge in [-0.1, -0.05) is 0 Å². The van der Waals surface area contributed by atoms with Crippen LogP contribution in [0.5, 0.6) is 5.75 Å². The topological polar surface area (TPSA) is 72.6 Å². The number of hydrogen-bond donors (Lipinski definition) is 1. The first-order valence-corrected chi connectivity index (χ1v) is 5.81. The van der Waals surface area contributed by atoms with E-state index < -0.39 is 5.97 Å². The van der Waals surface area contributed by atoms with Gasteiger partial charge in [0.15, 0.2) is 5.89 Å². The zero-order valence-corrected chi connectivity index (χ0v) is 11.3. The molecule has 5 heteroatoms. The number of benzene rings is 1. The molecule has 0 radical (unpaired) electrons. The number of hydrogen-bond acceptors (Lipinski definition) is 4. The molecule has 0 amide bonds. The number of aromatic nitrogens is 1. The second-order valence-electron chi connectivity index (χ2n) is 4.28. The molecule has 2 rings (SSSR count). The zero-order valence-electron chi connectivity index (χ0n) is 11.3. The highest BCUT2D eigenvalue weighted by atomic mass is 16.5. The van der Waals surface area contributed by atoms with E-state index in [9.17, 15) is 4.79 Å². The summed E-state index contributed by atoms with van der Waals surface area (Å²) in [4.78, 5) is 15.3. The van der Waals surface area contributed by atoms with Gasteiger partial charge in [0.2, 0.25) is 5.76 Å². The van der Waals surface area contributed by atoms with Crippen molar-refractivity contribution in [1.82, 2.24) is 4.98 Å². The highest BCUT2D eigenvalue weighted by Gasteiger charge is 2.21. The van der Waals surface area contributed by atoms with Crippen LogP contribution in [0.25, 0.3) is 11.3 Å². The molecule has 0 aliphatic rings. The maximum absolute atomic E-state index is 11.2. The van der Waals surface area contributed by atoms with E-state index in [1.54, 1.807) is 26.2 Å². The number of carboxylic acids is 1. The van der Waals surface area contributed by atoms with Crippen LogP contribution < -0.4 is 4.74 Å². The summed E-state index contributed by atoms with van der Waals surface area (Å²) in [6.45, 7) is 5.45. The lowest BCUT2D eigenvalue weighted by molar-refractivity contribution is 0.0662. The molecular formula is C14H15NO4. The molecule has 0 fully saturated rings. The van der Waals surface area contributed by atoms with Gasteiger partial charge in [0.25, 0.3) is 0 Å². The summed E-state index contributed by atoms with van der Waals surface area (Å²) in [5.41, 5.74) is 2.98. The van der Waals surface area contributed by atoms with Gasteiger partial charge in [-0.05, 0) is 37.1 Å². The van der Waals surface area contributed by atoms with Crippen LogP contribution in [0.3, 0.4) is 0 Å². The zero-order chi connectivity index (χ0) is 14.2. The molecule has 2 aromatic rings. The first-order valence-electron chi connectivity index (χ1n) is 5.81. The molecule has 100 valence electrons. The van der Waals surface area contributed by atoms with E-state index in [1.807, 2.05) is 13.8 Å². The molecule has 0 spiro atoms. The Balaban J connectivity index is 2.66. The van der Waals surface area contributed by atoms with Gasteiger partial charge in [-0.2, -0.15) is 0 Å². The van der Waals surface area contributed by atoms with Crippen molar-refractivity contribution in [2.45, 2.75) is 20.8 Å². The third kappa shape index (κ3) is 2.19. The molecular weight excluding hydrogens is 246 g/mol. The molecule has 0 saturated heterocycles. The van der Waals surface area contributed by atoms with Crippen molar-refractivity contribution in [2.24, 2.45) is 0 Å². The van der Waals surface area contributed by atoms with Crippen LogP contribution in [0.1, 0.15) is 27.6 Å². The van der Waals surface area contributed by atoms with Gasteiger partial charge in [0.1, 0.15) is 11.4 Å². The van der Waals surface area contributed by atoms with Gasteiger partial charge in [-0.15, -0.1) is 0 Å². The summed E-state index contributed by atoms with van der Waals surface area (Å²) in [6, 6.07) is 3.60. The second kappa shape index (κ2) is 4.76. The minimum Gasteiger partial charge on any atom is -0.496 e. The maximum Gasteiger partial charge on any atom is 0.374 e. The van der Waals surface area contributed by atoms with Gasteiger partial charge in [-0.3, -0.25) is 0 Å². The predicted octanol–water partition coefficient (Wildman–Crippen LogP) is 2.97. The number of ether oxygens (including phenoxy) is 1. The molecule has 0 bridgehead atoms. The largest absolute Gasteiger partial charge is 0.496 e. The van der Waals surface area contributed by atoms with Gasteiger partial charge < -0.3 is 14.3 Å². The summed E-state index contributed by atoms with van der Waals surface area (Å²) in [6.07, 6.45) is 0. The lowest BCUT2D eigenvalue weighted by atomic mass is 9.99. The smallest absolute Gasteiger partial charge is 0.374 e. The average Bonchev–Trinajstić information content (AvgIpc) is 2.75. The van der Waals surface area contributed by atoms with E-state index in [0.717, 1.165) is 22.4 Å². The van der Waals surface area contributed by atoms with Crippen molar-refractivity contribution in [3.05, 3.63) is 34.9 Å². The van der Waals surface area contributed by atoms with Crippen LogP contribution in [-0.2, 0) is 0 Å². The third-order valence-corrected chi connectivity index (χ3v) is 3.14. The summed E-state index contributed by atoms with van der Waals surface area (Å²) in [5.74, 6) is -0.160. The van der Waals surface area contributed by atoms with Crippen LogP contribution in [0.4, 0.5) is 0 Å². The monoisotopic (exact) mass is 261 g/mol. The molecule has 1 N–H and O–H groups in total. The summed E-state index contributed by atoms with van der Waals surface area (Å²) < 4.78 is 10.4. The van der Waals surface area contributed by atoms with Crippen molar-refractivity contribution < 1.29 is 19.1 Å². The Bertz CT molecular complexity index is 643. The van der Waals surface area contributed by atoms with Crippen LogP contribution in [0.15, 0.2) is 16.5 Å². The van der Waals surface area contributed by atoms with Crippen molar-refractivity contribution in [3.8, 4) is 17.0 Å². The molecule has 0 aliphatic carbocycles. The number of carbonyl (C=O) groups is 1. The molecule has 0 saturated carbocycles. The highest BCUT2D eigenvalue weighted by Crippen LogP contribution is 2.32. The predicted molar refractivity (Wildman–Crippen MR) is 69.7 cm³/mol. The van der Waals surface area contributed by atoms with Gasteiger partial charge in [0, 0.05) is 12.5 Å². The summed E-state index contributed by atoms with van der Waals surface area (Å²) >= 11 is 0. The molecule has 5 nitrogen and oxygen atoms in total. The Morgan fingerprint density at radius 1 is 1.26 bits per heavy atom. The Morgan fingerprint density at radius 2 is 1.95 bits per heavy atom. The minimum absolute atomic E-state index is 0.134. The Kier molecular flexibility index (Phi) is 3.29. The van der Waals surface area contributed by atoms with Crippen LogP contribution in [-0.4, -0.2) is 23.2 Å². The molecule has 1 aromatic carbocycles. The fraction of sp³-hybridized carbons (Fsp3) is 0.286. The third-order valence-electron chi connectivity index (χ3n) is 3.14. The number of oxazole rings is 1. The number of rotatable bonds is 3. The van der Waals surface area contributed by atoms with E-state index in [2.05, 4.69) is 4.98 Å². The van der Waals surface area contributed by atoms with E-state index in [1.165, 1.54) is 0 Å².